The van der Waals surface area contributed by atoms with E-state index in [0.29, 0.717) is 13.2 Å². The first kappa shape index (κ1) is 19.4. The Balaban J connectivity index is 2.01. The third-order valence-corrected chi connectivity index (χ3v) is 8.56. The predicted molar refractivity (Wildman–Crippen MR) is 94.0 cm³/mol. The minimum Gasteiger partial charge on any atom is -0.353 e. The molecule has 0 aliphatic heterocycles. The Morgan fingerprint density at radius 2 is 1.36 bits per heavy atom. The molecule has 6 heteroatoms. The van der Waals surface area contributed by atoms with Gasteiger partial charge in [-0.05, 0) is 26.7 Å². The molecule has 2 rings (SSSR count). The number of alkyl halides is 4. The van der Waals surface area contributed by atoms with Crippen LogP contribution in [0.3, 0.4) is 0 Å². The summed E-state index contributed by atoms with van der Waals surface area (Å²) in [6, 6.07) is 0. The maximum Gasteiger partial charge on any atom is 0.163 e. The largest absolute Gasteiger partial charge is 0.353 e. The lowest BCUT2D eigenvalue weighted by molar-refractivity contribution is -0.154. The SMILES string of the molecule is CCOC(OCC)C1C(Cl)(Cl)C1(C)CCC1C(C)(C)C1(Cl)Cl. The molecular weight excluding hydrogens is 366 g/mol. The van der Waals surface area contributed by atoms with Crippen LogP contribution in [-0.4, -0.2) is 28.2 Å². The van der Waals surface area contributed by atoms with E-state index in [4.69, 9.17) is 55.9 Å². The average molecular weight is 392 g/mol. The number of halogens is 4. The van der Waals surface area contributed by atoms with E-state index in [1.54, 1.807) is 0 Å². The Hall–Kier alpha value is 1.08. The fourth-order valence-electron chi connectivity index (χ4n) is 3.72. The molecule has 0 bridgehead atoms. The van der Waals surface area contributed by atoms with Crippen LogP contribution in [0.5, 0.6) is 0 Å². The van der Waals surface area contributed by atoms with Crippen LogP contribution in [0.1, 0.15) is 47.5 Å². The summed E-state index contributed by atoms with van der Waals surface area (Å²) < 4.78 is 9.92. The molecule has 130 valence electrons. The van der Waals surface area contributed by atoms with Crippen LogP contribution < -0.4 is 0 Å². The van der Waals surface area contributed by atoms with E-state index < -0.39 is 8.67 Å². The van der Waals surface area contributed by atoms with Gasteiger partial charge in [-0.2, -0.15) is 0 Å². The highest BCUT2D eigenvalue weighted by Crippen LogP contribution is 2.76. The van der Waals surface area contributed by atoms with Gasteiger partial charge in [-0.15, -0.1) is 46.4 Å². The summed E-state index contributed by atoms with van der Waals surface area (Å²) in [6.07, 6.45) is 1.40. The summed E-state index contributed by atoms with van der Waals surface area (Å²) in [5, 5.41) is 0. The first-order valence-corrected chi connectivity index (χ1v) is 9.48. The van der Waals surface area contributed by atoms with Crippen LogP contribution in [0.25, 0.3) is 0 Å². The second-order valence-corrected chi connectivity index (χ2v) is 10.0. The van der Waals surface area contributed by atoms with Crippen molar-refractivity contribution in [1.29, 1.82) is 0 Å². The second-order valence-electron chi connectivity index (χ2n) is 7.23. The zero-order chi connectivity index (χ0) is 17.0. The quantitative estimate of drug-likeness (QED) is 0.384. The highest BCUT2D eigenvalue weighted by atomic mass is 35.5. The lowest BCUT2D eigenvalue weighted by Gasteiger charge is -2.19. The lowest BCUT2D eigenvalue weighted by Crippen LogP contribution is -2.23. The van der Waals surface area contributed by atoms with Crippen LogP contribution in [0.4, 0.5) is 0 Å². The molecule has 2 nitrogen and oxygen atoms in total. The van der Waals surface area contributed by atoms with Gasteiger partial charge in [0.15, 0.2) is 6.29 Å². The third kappa shape index (κ3) is 2.80. The summed E-state index contributed by atoms with van der Waals surface area (Å²) in [6.45, 7) is 11.3. The third-order valence-electron chi connectivity index (χ3n) is 5.73. The van der Waals surface area contributed by atoms with E-state index in [-0.39, 0.29) is 29.0 Å². The second kappa shape index (κ2) is 6.11. The molecule has 0 aromatic rings. The summed E-state index contributed by atoms with van der Waals surface area (Å²) in [7, 11) is 0. The van der Waals surface area contributed by atoms with Gasteiger partial charge in [0.05, 0.1) is 5.92 Å². The molecule has 0 heterocycles. The van der Waals surface area contributed by atoms with Gasteiger partial charge in [0.1, 0.15) is 8.67 Å². The maximum atomic E-state index is 6.57. The average Bonchev–Trinajstić information content (AvgIpc) is 2.99. The predicted octanol–water partition coefficient (Wildman–Crippen LogP) is 5.81. The molecule has 0 N–H and O–H groups in total. The van der Waals surface area contributed by atoms with Crippen LogP contribution in [0.2, 0.25) is 0 Å². The van der Waals surface area contributed by atoms with Gasteiger partial charge in [-0.3, -0.25) is 0 Å². The number of hydrogen-bond acceptors (Lipinski definition) is 2. The van der Waals surface area contributed by atoms with Crippen LogP contribution in [0.15, 0.2) is 0 Å². The van der Waals surface area contributed by atoms with E-state index in [1.165, 1.54) is 0 Å². The van der Waals surface area contributed by atoms with Gasteiger partial charge in [-0.1, -0.05) is 20.8 Å². The van der Waals surface area contributed by atoms with Gasteiger partial charge in [0.25, 0.3) is 0 Å². The molecular formula is C16H26Cl4O2. The Bertz CT molecular complexity index is 404. The fourth-order valence-corrected chi connectivity index (χ4v) is 5.64. The lowest BCUT2D eigenvalue weighted by atomic mass is 9.95. The minimum absolute atomic E-state index is 0.0369. The first-order chi connectivity index (χ1) is 9.98. The van der Waals surface area contributed by atoms with Crippen molar-refractivity contribution in [2.45, 2.75) is 62.4 Å². The molecule has 2 fully saturated rings. The summed E-state index contributed by atoms with van der Waals surface area (Å²) in [4.78, 5) is 0. The van der Waals surface area contributed by atoms with Gasteiger partial charge < -0.3 is 9.47 Å². The van der Waals surface area contributed by atoms with Crippen molar-refractivity contribution >= 4 is 46.4 Å². The van der Waals surface area contributed by atoms with Crippen LogP contribution in [-0.2, 0) is 9.47 Å². The van der Waals surface area contributed by atoms with E-state index >= 15 is 0 Å². The molecule has 0 spiro atoms. The molecule has 3 atom stereocenters. The van der Waals surface area contributed by atoms with Crippen molar-refractivity contribution in [3.05, 3.63) is 0 Å². The van der Waals surface area contributed by atoms with Gasteiger partial charge in [0, 0.05) is 30.0 Å². The van der Waals surface area contributed by atoms with Crippen molar-refractivity contribution in [3.8, 4) is 0 Å². The zero-order valence-electron chi connectivity index (χ0n) is 13.9. The molecule has 0 aromatic heterocycles. The molecule has 3 unspecified atom stereocenters. The Morgan fingerprint density at radius 3 is 1.73 bits per heavy atom. The Kier molecular flexibility index (Phi) is 5.39. The zero-order valence-corrected chi connectivity index (χ0v) is 16.9. The number of rotatable bonds is 8. The smallest absolute Gasteiger partial charge is 0.163 e. The number of hydrogen-bond donors (Lipinski definition) is 0. The van der Waals surface area contributed by atoms with Gasteiger partial charge >= 0.3 is 0 Å². The normalized spacial score (nSPS) is 37.4. The summed E-state index contributed by atoms with van der Waals surface area (Å²) in [5.74, 6) is 0.230. The maximum absolute atomic E-state index is 6.57. The minimum atomic E-state index is -0.831. The van der Waals surface area contributed by atoms with Crippen molar-refractivity contribution in [3.63, 3.8) is 0 Å². The van der Waals surface area contributed by atoms with Crippen molar-refractivity contribution < 1.29 is 9.47 Å². The molecule has 0 saturated heterocycles. The van der Waals surface area contributed by atoms with E-state index in [2.05, 4.69) is 20.8 Å². The molecule has 2 aliphatic rings. The number of ether oxygens (including phenoxy) is 2. The molecule has 0 amide bonds. The topological polar surface area (TPSA) is 18.5 Å². The van der Waals surface area contributed by atoms with Crippen LogP contribution >= 0.6 is 46.4 Å². The Labute approximate surface area is 154 Å². The molecule has 2 aliphatic carbocycles. The van der Waals surface area contributed by atoms with Crippen molar-refractivity contribution in [1.82, 2.24) is 0 Å². The van der Waals surface area contributed by atoms with Crippen molar-refractivity contribution in [2.75, 3.05) is 13.2 Å². The molecule has 0 radical (unpaired) electrons. The highest BCUT2D eigenvalue weighted by Gasteiger charge is 2.77. The van der Waals surface area contributed by atoms with E-state index in [9.17, 15) is 0 Å². The summed E-state index contributed by atoms with van der Waals surface area (Å²) in [5.41, 5.74) is -0.301. The monoisotopic (exact) mass is 390 g/mol. The van der Waals surface area contributed by atoms with E-state index in [1.807, 2.05) is 13.8 Å². The van der Waals surface area contributed by atoms with Gasteiger partial charge in [0.2, 0.25) is 0 Å². The van der Waals surface area contributed by atoms with Gasteiger partial charge in [-0.25, -0.2) is 0 Å². The Morgan fingerprint density at radius 1 is 0.909 bits per heavy atom. The molecule has 0 aromatic carbocycles. The molecule has 22 heavy (non-hydrogen) atoms. The van der Waals surface area contributed by atoms with Crippen molar-refractivity contribution in [2.24, 2.45) is 22.7 Å². The first-order valence-electron chi connectivity index (χ1n) is 7.97. The molecule has 2 saturated carbocycles. The standard InChI is InChI=1S/C16H26Cl4O2/c1-6-21-12(22-7-2)11-14(5,16(11,19)20)9-8-10-13(3,4)15(10,17)18/h10-12H,6-9H2,1-5H3. The van der Waals surface area contributed by atoms with E-state index in [0.717, 1.165) is 12.8 Å². The fraction of sp³-hybridized carbons (Fsp3) is 1.00. The highest BCUT2D eigenvalue weighted by molar-refractivity contribution is 6.52. The summed E-state index contributed by atoms with van der Waals surface area (Å²) >= 11 is 25.9. The van der Waals surface area contributed by atoms with Crippen LogP contribution in [0, 0.1) is 22.7 Å².